The second-order valence-electron chi connectivity index (χ2n) is 5.40. The maximum atomic E-state index is 11.3. The molecule has 2 amide bonds. The number of allylic oxidation sites excluding steroid dienone is 2. The van der Waals surface area contributed by atoms with Crippen molar-refractivity contribution < 1.29 is 27.3 Å². The lowest BCUT2D eigenvalue weighted by Crippen LogP contribution is -2.38. The Morgan fingerprint density at radius 2 is 1.50 bits per heavy atom. The Bertz CT molecular complexity index is 934. The zero-order valence-corrected chi connectivity index (χ0v) is 14.5. The average molecular weight is 373 g/mol. The molecule has 0 radical (unpaired) electrons. The van der Waals surface area contributed by atoms with Crippen LogP contribution in [0.1, 0.15) is 5.56 Å². The third-order valence-electron chi connectivity index (χ3n) is 3.50. The molecule has 26 heavy (non-hydrogen) atoms. The minimum absolute atomic E-state index is 0.0666. The van der Waals surface area contributed by atoms with Crippen LogP contribution >= 0.6 is 0 Å². The molecule has 0 fully saturated rings. The van der Waals surface area contributed by atoms with Gasteiger partial charge in [0.25, 0.3) is 21.9 Å². The highest BCUT2D eigenvalue weighted by Gasteiger charge is 2.29. The van der Waals surface area contributed by atoms with Crippen LogP contribution in [0.15, 0.2) is 65.6 Å². The number of imide groups is 1. The fraction of sp³-hybridized carbons (Fsp3) is 0.118. The number of carbonyl (C=O) groups excluding carboxylic acids is 2. The highest BCUT2D eigenvalue weighted by molar-refractivity contribution is 7.85. The SMILES string of the molecule is Cc1ccc(S(=O)(=O)O)cc1.[N-]=[N+]=C1C=CC(N2C(=O)C=CC2=O)C=C1. The van der Waals surface area contributed by atoms with Gasteiger partial charge in [0.05, 0.1) is 10.9 Å². The van der Waals surface area contributed by atoms with Gasteiger partial charge in [-0.15, -0.1) is 0 Å². The van der Waals surface area contributed by atoms with Gasteiger partial charge in [-0.2, -0.15) is 13.2 Å². The van der Waals surface area contributed by atoms with Crippen molar-refractivity contribution in [2.24, 2.45) is 0 Å². The van der Waals surface area contributed by atoms with E-state index in [1.807, 2.05) is 6.92 Å². The summed E-state index contributed by atoms with van der Waals surface area (Å²) in [6.07, 6.45) is 8.81. The van der Waals surface area contributed by atoms with Gasteiger partial charge in [0.15, 0.2) is 0 Å². The van der Waals surface area contributed by atoms with Crippen molar-refractivity contribution in [2.45, 2.75) is 17.9 Å². The first-order chi connectivity index (χ1) is 12.2. The number of hydrogen-bond acceptors (Lipinski definition) is 4. The Kier molecular flexibility index (Phi) is 5.78. The first-order valence-corrected chi connectivity index (χ1v) is 8.84. The van der Waals surface area contributed by atoms with Crippen molar-refractivity contribution in [3.8, 4) is 0 Å². The molecule has 0 saturated carbocycles. The average Bonchev–Trinajstić information content (AvgIpc) is 2.94. The van der Waals surface area contributed by atoms with E-state index in [1.165, 1.54) is 24.3 Å². The van der Waals surface area contributed by atoms with Crippen LogP contribution in [0, 0.1) is 6.92 Å². The molecular formula is C17H15N3O5S. The molecule has 1 aliphatic carbocycles. The smallest absolute Gasteiger partial charge is 0.314 e. The maximum Gasteiger partial charge on any atom is 0.314 e. The lowest BCUT2D eigenvalue weighted by atomic mass is 10.1. The van der Waals surface area contributed by atoms with Gasteiger partial charge in [-0.1, -0.05) is 17.7 Å². The van der Waals surface area contributed by atoms with Crippen LogP contribution in [0.2, 0.25) is 0 Å². The summed E-state index contributed by atoms with van der Waals surface area (Å²) in [7, 11) is -4.02. The van der Waals surface area contributed by atoms with E-state index in [0.717, 1.165) is 10.5 Å². The van der Waals surface area contributed by atoms with Gasteiger partial charge in [-0.25, -0.2) is 0 Å². The van der Waals surface area contributed by atoms with E-state index in [1.54, 1.807) is 36.4 Å². The van der Waals surface area contributed by atoms with Crippen molar-refractivity contribution in [3.05, 3.63) is 71.8 Å². The molecule has 134 valence electrons. The van der Waals surface area contributed by atoms with Crippen LogP contribution in [-0.4, -0.2) is 46.2 Å². The highest BCUT2D eigenvalue weighted by Crippen LogP contribution is 2.14. The Morgan fingerprint density at radius 3 is 1.92 bits per heavy atom. The van der Waals surface area contributed by atoms with Crippen LogP contribution in [0.3, 0.4) is 0 Å². The summed E-state index contributed by atoms with van der Waals surface area (Å²) in [5.41, 5.74) is 9.82. The van der Waals surface area contributed by atoms with Gasteiger partial charge in [0.2, 0.25) is 0 Å². The molecule has 0 aromatic heterocycles. The highest BCUT2D eigenvalue weighted by atomic mass is 32.2. The van der Waals surface area contributed by atoms with Crippen molar-refractivity contribution in [3.63, 3.8) is 0 Å². The van der Waals surface area contributed by atoms with Gasteiger partial charge in [-0.05, 0) is 31.2 Å². The largest absolute Gasteiger partial charge is 0.361 e. The molecule has 3 rings (SSSR count). The predicted molar refractivity (Wildman–Crippen MR) is 92.7 cm³/mol. The topological polar surface area (TPSA) is 128 Å². The minimum atomic E-state index is -4.02. The number of aryl methyl sites for hydroxylation is 1. The second-order valence-corrected chi connectivity index (χ2v) is 6.82. The van der Waals surface area contributed by atoms with Gasteiger partial charge < -0.3 is 5.53 Å². The quantitative estimate of drug-likeness (QED) is 0.362. The van der Waals surface area contributed by atoms with Crippen LogP contribution < -0.4 is 0 Å². The van der Waals surface area contributed by atoms with E-state index in [0.29, 0.717) is 5.71 Å². The molecule has 0 atom stereocenters. The summed E-state index contributed by atoms with van der Waals surface area (Å²) in [5.74, 6) is -0.660. The van der Waals surface area contributed by atoms with E-state index >= 15 is 0 Å². The summed E-state index contributed by atoms with van der Waals surface area (Å²) in [4.78, 5) is 26.7. The lowest BCUT2D eigenvalue weighted by molar-refractivity contribution is -0.137. The van der Waals surface area contributed by atoms with Gasteiger partial charge in [0, 0.05) is 24.3 Å². The third-order valence-corrected chi connectivity index (χ3v) is 4.37. The second kappa shape index (κ2) is 7.83. The fourth-order valence-electron chi connectivity index (χ4n) is 2.17. The summed E-state index contributed by atoms with van der Waals surface area (Å²) in [6.45, 7) is 1.84. The number of rotatable bonds is 2. The van der Waals surface area contributed by atoms with Gasteiger partial charge in [0.1, 0.15) is 0 Å². The molecule has 0 unspecified atom stereocenters. The first kappa shape index (κ1) is 19.2. The molecule has 0 saturated heterocycles. The fourth-order valence-corrected chi connectivity index (χ4v) is 2.65. The van der Waals surface area contributed by atoms with E-state index < -0.39 is 16.2 Å². The predicted octanol–water partition coefficient (Wildman–Crippen LogP) is 1.32. The molecule has 2 aliphatic rings. The molecule has 1 aromatic rings. The number of carbonyl (C=O) groups is 2. The van der Waals surface area contributed by atoms with Crippen molar-refractivity contribution in [1.82, 2.24) is 4.90 Å². The van der Waals surface area contributed by atoms with Crippen molar-refractivity contribution >= 4 is 27.6 Å². The molecule has 1 aliphatic heterocycles. The van der Waals surface area contributed by atoms with E-state index in [9.17, 15) is 18.0 Å². The summed E-state index contributed by atoms with van der Waals surface area (Å²) in [5, 5.41) is 0. The molecule has 1 heterocycles. The molecule has 1 aromatic carbocycles. The molecule has 1 N–H and O–H groups in total. The number of amides is 2. The van der Waals surface area contributed by atoms with Gasteiger partial charge in [-0.3, -0.25) is 19.0 Å². The van der Waals surface area contributed by atoms with E-state index in [-0.39, 0.29) is 16.7 Å². The van der Waals surface area contributed by atoms with Gasteiger partial charge >= 0.3 is 5.71 Å². The summed E-state index contributed by atoms with van der Waals surface area (Å²) in [6, 6.07) is 5.59. The molecule has 0 bridgehead atoms. The Labute approximate surface area is 150 Å². The monoisotopic (exact) mass is 373 g/mol. The normalized spacial score (nSPS) is 18.6. The number of nitrogens with zero attached hydrogens (tertiary/aromatic N) is 3. The zero-order chi connectivity index (χ0) is 19.3. The molecular weight excluding hydrogens is 358 g/mol. The van der Waals surface area contributed by atoms with Crippen LogP contribution in [0.5, 0.6) is 0 Å². The summed E-state index contributed by atoms with van der Waals surface area (Å²) >= 11 is 0. The number of hydrogen-bond donors (Lipinski definition) is 1. The standard InChI is InChI=1S/C10H7N3O2.C7H8O3S/c11-12-7-1-3-8(4-2-7)13-9(14)5-6-10(13)15;1-6-2-4-7(5-3-6)11(8,9)10/h1-6,8H;2-5H,1H3,(H,8,9,10). The minimum Gasteiger partial charge on any atom is -0.361 e. The van der Waals surface area contributed by atoms with Crippen molar-refractivity contribution in [1.29, 1.82) is 0 Å². The third kappa shape index (κ3) is 4.70. The zero-order valence-electron chi connectivity index (χ0n) is 13.7. The van der Waals surface area contributed by atoms with Crippen LogP contribution in [0.4, 0.5) is 0 Å². The Balaban J connectivity index is 0.000000197. The van der Waals surface area contributed by atoms with E-state index in [4.69, 9.17) is 10.1 Å². The Morgan fingerprint density at radius 1 is 1.00 bits per heavy atom. The van der Waals surface area contributed by atoms with Crippen LogP contribution in [0.25, 0.3) is 5.53 Å². The number of benzene rings is 1. The molecule has 8 nitrogen and oxygen atoms in total. The van der Waals surface area contributed by atoms with Crippen molar-refractivity contribution in [2.75, 3.05) is 0 Å². The summed E-state index contributed by atoms with van der Waals surface area (Å²) < 4.78 is 29.6. The maximum absolute atomic E-state index is 11.3. The van der Waals surface area contributed by atoms with E-state index in [2.05, 4.69) is 4.79 Å². The lowest BCUT2D eigenvalue weighted by Gasteiger charge is -2.20. The first-order valence-electron chi connectivity index (χ1n) is 7.40. The Hall–Kier alpha value is -3.13. The molecule has 9 heteroatoms. The van der Waals surface area contributed by atoms with Crippen LogP contribution in [-0.2, 0) is 19.7 Å². The molecule has 0 spiro atoms.